The summed E-state index contributed by atoms with van der Waals surface area (Å²) in [6.07, 6.45) is 0.572. The minimum absolute atomic E-state index is 0.110. The number of alkyl halides is 1. The fourth-order valence-electron chi connectivity index (χ4n) is 1.46. The Kier molecular flexibility index (Phi) is 4.69. The van der Waals surface area contributed by atoms with Crippen molar-refractivity contribution >= 4 is 21.8 Å². The maximum Gasteiger partial charge on any atom is 0.254 e. The van der Waals surface area contributed by atoms with Gasteiger partial charge in [0.15, 0.2) is 0 Å². The summed E-state index contributed by atoms with van der Waals surface area (Å²) < 4.78 is 14.0. The normalized spacial score (nSPS) is 11.4. The second kappa shape index (κ2) is 5.63. The minimum Gasteiger partial charge on any atom is -0.347 e. The summed E-state index contributed by atoms with van der Waals surface area (Å²) in [6.45, 7) is 5.60. The van der Waals surface area contributed by atoms with Crippen LogP contribution in [0.5, 0.6) is 0 Å². The summed E-state index contributed by atoms with van der Waals surface area (Å²) in [4.78, 5) is 11.9. The van der Waals surface area contributed by atoms with Gasteiger partial charge < -0.3 is 5.32 Å². The lowest BCUT2D eigenvalue weighted by Gasteiger charge is -2.21. The monoisotopic (exact) mass is 301 g/mol. The number of halogens is 2. The molecule has 0 unspecified atom stereocenters. The van der Waals surface area contributed by atoms with E-state index in [2.05, 4.69) is 21.2 Å². The maximum atomic E-state index is 14.0. The molecule has 0 saturated carbocycles. The first-order valence-corrected chi connectivity index (χ1v) is 6.63. The number of aryl methyl sites for hydroxylation is 1. The molecule has 0 atom stereocenters. The van der Waals surface area contributed by atoms with Crippen LogP contribution in [0.2, 0.25) is 0 Å². The third-order valence-corrected chi connectivity index (χ3v) is 2.57. The molecule has 1 aromatic carbocycles. The van der Waals surface area contributed by atoms with Gasteiger partial charge in [0.25, 0.3) is 5.91 Å². The number of hydrogen-bond acceptors (Lipinski definition) is 1. The predicted molar refractivity (Wildman–Crippen MR) is 71.1 cm³/mol. The Balaban J connectivity index is 2.98. The molecule has 1 aromatic rings. The Labute approximate surface area is 110 Å². The van der Waals surface area contributed by atoms with Crippen LogP contribution < -0.4 is 5.32 Å². The van der Waals surface area contributed by atoms with Crippen molar-refractivity contribution in [3.05, 3.63) is 35.1 Å². The summed E-state index contributed by atoms with van der Waals surface area (Å²) in [5, 5.41) is 3.43. The lowest BCUT2D eigenvalue weighted by molar-refractivity contribution is 0.0915. The maximum absolute atomic E-state index is 14.0. The Hall–Kier alpha value is -0.900. The standard InChI is InChI=1S/C13H17BrFNO/c1-13(2,3)16-12(17)10-6-4-5-9(7-8-14)11(10)15/h4-6H,7-8H2,1-3H3,(H,16,17). The third kappa shape index (κ3) is 4.11. The van der Waals surface area contributed by atoms with E-state index in [1.807, 2.05) is 20.8 Å². The van der Waals surface area contributed by atoms with Crippen LogP contribution in [-0.2, 0) is 6.42 Å². The van der Waals surface area contributed by atoms with Crippen molar-refractivity contribution in [3.8, 4) is 0 Å². The first-order valence-electron chi connectivity index (χ1n) is 5.51. The van der Waals surface area contributed by atoms with Crippen LogP contribution in [-0.4, -0.2) is 16.8 Å². The molecule has 0 saturated heterocycles. The average molecular weight is 302 g/mol. The molecule has 17 heavy (non-hydrogen) atoms. The Morgan fingerprint density at radius 1 is 1.41 bits per heavy atom. The molecule has 0 bridgehead atoms. The van der Waals surface area contributed by atoms with Gasteiger partial charge in [0.2, 0.25) is 0 Å². The van der Waals surface area contributed by atoms with Crippen molar-refractivity contribution in [2.24, 2.45) is 0 Å². The number of nitrogens with one attached hydrogen (secondary N) is 1. The van der Waals surface area contributed by atoms with Gasteiger partial charge in [-0.15, -0.1) is 0 Å². The Morgan fingerprint density at radius 2 is 2.06 bits per heavy atom. The third-order valence-electron chi connectivity index (χ3n) is 2.18. The van der Waals surface area contributed by atoms with E-state index in [-0.39, 0.29) is 17.0 Å². The molecule has 4 heteroatoms. The number of carbonyl (C=O) groups is 1. The van der Waals surface area contributed by atoms with Crippen molar-refractivity contribution < 1.29 is 9.18 Å². The fourth-order valence-corrected chi connectivity index (χ4v) is 1.89. The van der Waals surface area contributed by atoms with Gasteiger partial charge in [-0.1, -0.05) is 28.1 Å². The molecule has 0 spiro atoms. The quantitative estimate of drug-likeness (QED) is 0.853. The van der Waals surface area contributed by atoms with Gasteiger partial charge in [0.1, 0.15) is 5.82 Å². The van der Waals surface area contributed by atoms with Gasteiger partial charge in [-0.3, -0.25) is 4.79 Å². The number of amides is 1. The lowest BCUT2D eigenvalue weighted by atomic mass is 10.0. The average Bonchev–Trinajstić information content (AvgIpc) is 2.18. The highest BCUT2D eigenvalue weighted by Crippen LogP contribution is 2.15. The topological polar surface area (TPSA) is 29.1 Å². The van der Waals surface area contributed by atoms with Gasteiger partial charge in [0, 0.05) is 10.9 Å². The van der Waals surface area contributed by atoms with E-state index < -0.39 is 5.82 Å². The zero-order valence-electron chi connectivity index (χ0n) is 10.3. The molecule has 2 nitrogen and oxygen atoms in total. The van der Waals surface area contributed by atoms with Crippen LogP contribution in [0.25, 0.3) is 0 Å². The predicted octanol–water partition coefficient (Wildman–Crippen LogP) is 3.29. The lowest BCUT2D eigenvalue weighted by Crippen LogP contribution is -2.41. The highest BCUT2D eigenvalue weighted by atomic mass is 79.9. The molecule has 1 rings (SSSR count). The molecule has 0 aliphatic carbocycles. The Morgan fingerprint density at radius 3 is 2.59 bits per heavy atom. The second-order valence-electron chi connectivity index (χ2n) is 4.92. The summed E-state index contributed by atoms with van der Waals surface area (Å²) in [7, 11) is 0. The van der Waals surface area contributed by atoms with Crippen LogP contribution in [0.15, 0.2) is 18.2 Å². The highest BCUT2D eigenvalue weighted by molar-refractivity contribution is 9.09. The van der Waals surface area contributed by atoms with E-state index in [1.165, 1.54) is 6.07 Å². The van der Waals surface area contributed by atoms with Crippen molar-refractivity contribution in [3.63, 3.8) is 0 Å². The molecule has 1 N–H and O–H groups in total. The van der Waals surface area contributed by atoms with Crippen LogP contribution >= 0.6 is 15.9 Å². The summed E-state index contributed by atoms with van der Waals surface area (Å²) >= 11 is 3.26. The van der Waals surface area contributed by atoms with Gasteiger partial charge in [-0.05, 0) is 38.8 Å². The van der Waals surface area contributed by atoms with E-state index in [0.717, 1.165) is 0 Å². The molecular formula is C13H17BrFNO. The summed E-state index contributed by atoms with van der Waals surface area (Å²) in [5.41, 5.74) is 0.302. The molecule has 0 aromatic heterocycles. The molecule has 0 aliphatic rings. The van der Waals surface area contributed by atoms with Crippen LogP contribution in [0.1, 0.15) is 36.7 Å². The minimum atomic E-state index is -0.422. The number of carbonyl (C=O) groups excluding carboxylic acids is 1. The smallest absolute Gasteiger partial charge is 0.254 e. The van der Waals surface area contributed by atoms with E-state index >= 15 is 0 Å². The molecule has 0 heterocycles. The zero-order chi connectivity index (χ0) is 13.1. The van der Waals surface area contributed by atoms with Gasteiger partial charge in [0.05, 0.1) is 5.56 Å². The Bertz CT molecular complexity index is 412. The zero-order valence-corrected chi connectivity index (χ0v) is 11.9. The van der Waals surface area contributed by atoms with E-state index in [1.54, 1.807) is 12.1 Å². The summed E-state index contributed by atoms with van der Waals surface area (Å²) in [6, 6.07) is 4.91. The van der Waals surface area contributed by atoms with E-state index in [4.69, 9.17) is 0 Å². The van der Waals surface area contributed by atoms with Crippen LogP contribution in [0.4, 0.5) is 4.39 Å². The molecule has 1 amide bonds. The number of benzene rings is 1. The van der Waals surface area contributed by atoms with Crippen molar-refractivity contribution in [1.29, 1.82) is 0 Å². The molecule has 0 aliphatic heterocycles. The van der Waals surface area contributed by atoms with Gasteiger partial charge in [-0.2, -0.15) is 0 Å². The van der Waals surface area contributed by atoms with E-state index in [0.29, 0.717) is 17.3 Å². The SMILES string of the molecule is CC(C)(C)NC(=O)c1cccc(CCBr)c1F. The molecule has 94 valence electrons. The van der Waals surface area contributed by atoms with Crippen molar-refractivity contribution in [1.82, 2.24) is 5.32 Å². The first-order chi connectivity index (χ1) is 7.85. The van der Waals surface area contributed by atoms with E-state index in [9.17, 15) is 9.18 Å². The molecule has 0 fully saturated rings. The molecular weight excluding hydrogens is 285 g/mol. The number of rotatable bonds is 3. The van der Waals surface area contributed by atoms with Gasteiger partial charge >= 0.3 is 0 Å². The fraction of sp³-hybridized carbons (Fsp3) is 0.462. The number of hydrogen-bond donors (Lipinski definition) is 1. The first kappa shape index (κ1) is 14.2. The van der Waals surface area contributed by atoms with Gasteiger partial charge in [-0.25, -0.2) is 4.39 Å². The van der Waals surface area contributed by atoms with Crippen molar-refractivity contribution in [2.75, 3.05) is 5.33 Å². The largest absolute Gasteiger partial charge is 0.347 e. The highest BCUT2D eigenvalue weighted by Gasteiger charge is 2.19. The van der Waals surface area contributed by atoms with Crippen LogP contribution in [0, 0.1) is 5.82 Å². The summed E-state index contributed by atoms with van der Waals surface area (Å²) in [5.74, 6) is -0.792. The second-order valence-corrected chi connectivity index (χ2v) is 5.71. The molecule has 0 radical (unpaired) electrons. The van der Waals surface area contributed by atoms with Crippen molar-refractivity contribution in [2.45, 2.75) is 32.7 Å². The van der Waals surface area contributed by atoms with Crippen LogP contribution in [0.3, 0.4) is 0 Å².